The fourth-order valence-corrected chi connectivity index (χ4v) is 2.56. The maximum Gasteiger partial charge on any atom is 0.435 e. The summed E-state index contributed by atoms with van der Waals surface area (Å²) in [5, 5.41) is 13.0. The number of ether oxygens (including phenoxy) is 1. The highest BCUT2D eigenvalue weighted by Crippen LogP contribution is 2.35. The van der Waals surface area contributed by atoms with E-state index < -0.39 is 39.1 Å². The molecule has 1 amide bonds. The highest BCUT2D eigenvalue weighted by Gasteiger charge is 2.39. The first-order valence-electron chi connectivity index (χ1n) is 6.19. The lowest BCUT2D eigenvalue weighted by molar-refractivity contribution is -0.384. The molecule has 2 heterocycles. The number of hydrogen-bond acceptors (Lipinski definition) is 7. The molecule has 0 unspecified atom stereocenters. The Bertz CT molecular complexity index is 806. The van der Waals surface area contributed by atoms with E-state index in [1.165, 1.54) is 20.1 Å². The van der Waals surface area contributed by atoms with Gasteiger partial charge in [0.1, 0.15) is 4.88 Å². The third kappa shape index (κ3) is 3.59. The second kappa shape index (κ2) is 6.39. The molecule has 0 saturated heterocycles. The lowest BCUT2D eigenvalue weighted by atomic mass is 10.3. The van der Waals surface area contributed by atoms with E-state index in [9.17, 15) is 28.1 Å². The van der Waals surface area contributed by atoms with Gasteiger partial charge in [-0.2, -0.15) is 18.2 Å². The molecular weight excluding hydrogens is 353 g/mol. The molecule has 0 aliphatic carbocycles. The van der Waals surface area contributed by atoms with Gasteiger partial charge in [-0.1, -0.05) is 0 Å². The van der Waals surface area contributed by atoms with Crippen LogP contribution in [0.3, 0.4) is 0 Å². The Labute approximate surface area is 136 Å². The number of carbonyl (C=O) groups excluding carboxylic acids is 1. The zero-order valence-corrected chi connectivity index (χ0v) is 13.0. The lowest BCUT2D eigenvalue weighted by Gasteiger charge is -2.08. The molecular formula is C12H9F3N4O4S. The van der Waals surface area contributed by atoms with Gasteiger partial charge in [0, 0.05) is 12.1 Å². The van der Waals surface area contributed by atoms with Crippen LogP contribution >= 0.6 is 11.3 Å². The van der Waals surface area contributed by atoms with Crippen molar-refractivity contribution in [3.8, 4) is 5.88 Å². The molecule has 8 nitrogen and oxygen atoms in total. The van der Waals surface area contributed by atoms with Crippen LogP contribution in [0.4, 0.5) is 24.7 Å². The van der Waals surface area contributed by atoms with E-state index >= 15 is 0 Å². The Morgan fingerprint density at radius 2 is 2.04 bits per heavy atom. The first-order valence-corrected chi connectivity index (χ1v) is 7.00. The van der Waals surface area contributed by atoms with Gasteiger partial charge in [0.15, 0.2) is 5.69 Å². The van der Waals surface area contributed by atoms with E-state index in [0.717, 1.165) is 6.07 Å². The second-order valence-corrected chi connectivity index (χ2v) is 5.54. The number of pyridine rings is 1. The highest BCUT2D eigenvalue weighted by molar-refractivity contribution is 7.13. The normalized spacial score (nSPS) is 11.2. The third-order valence-corrected chi connectivity index (χ3v) is 3.66. The molecule has 0 atom stereocenters. The average Bonchev–Trinajstić information content (AvgIpc) is 2.89. The zero-order valence-electron chi connectivity index (χ0n) is 12.2. The van der Waals surface area contributed by atoms with Crippen molar-refractivity contribution in [1.29, 1.82) is 0 Å². The van der Waals surface area contributed by atoms with Crippen LogP contribution in [0.2, 0.25) is 0 Å². The number of alkyl halides is 3. The Morgan fingerprint density at radius 1 is 1.38 bits per heavy atom. The van der Waals surface area contributed by atoms with Crippen molar-refractivity contribution in [3.63, 3.8) is 0 Å². The number of halogens is 3. The van der Waals surface area contributed by atoms with Crippen molar-refractivity contribution in [1.82, 2.24) is 9.97 Å². The third-order valence-electron chi connectivity index (χ3n) is 2.69. The van der Waals surface area contributed by atoms with E-state index in [4.69, 9.17) is 4.74 Å². The minimum atomic E-state index is -4.83. The molecule has 1 N–H and O–H groups in total. The van der Waals surface area contributed by atoms with Gasteiger partial charge in [-0.05, 0) is 6.92 Å². The summed E-state index contributed by atoms with van der Waals surface area (Å²) in [5.74, 6) is -1.77. The standard InChI is InChI=1S/C12H9F3N4O4S/c1-5-16-9(12(13,14)15)8(24-5)11(20)18-10-6(19(21)22)3-4-7(17-10)23-2/h3-4H,1-2H3,(H,17,18,20). The molecule has 0 aliphatic heterocycles. The minimum Gasteiger partial charge on any atom is -0.481 e. The summed E-state index contributed by atoms with van der Waals surface area (Å²) >= 11 is 0.521. The van der Waals surface area contributed by atoms with Gasteiger partial charge in [0.2, 0.25) is 11.7 Å². The van der Waals surface area contributed by atoms with Crippen molar-refractivity contribution >= 4 is 28.7 Å². The summed E-state index contributed by atoms with van der Waals surface area (Å²) in [6.45, 7) is 1.31. The number of amides is 1. The Kier molecular flexibility index (Phi) is 4.68. The van der Waals surface area contributed by atoms with Crippen molar-refractivity contribution in [3.05, 3.63) is 37.8 Å². The molecule has 128 valence electrons. The number of aryl methyl sites for hydroxylation is 1. The predicted molar refractivity (Wildman–Crippen MR) is 77.2 cm³/mol. The summed E-state index contributed by atoms with van der Waals surface area (Å²) in [6, 6.07) is 2.20. The van der Waals surface area contributed by atoms with Crippen LogP contribution in [0, 0.1) is 17.0 Å². The molecule has 0 radical (unpaired) electrons. The number of carbonyl (C=O) groups is 1. The van der Waals surface area contributed by atoms with Crippen LogP contribution < -0.4 is 10.1 Å². The van der Waals surface area contributed by atoms with E-state index in [0.29, 0.717) is 11.3 Å². The number of anilines is 1. The van der Waals surface area contributed by atoms with Crippen LogP contribution in [-0.2, 0) is 6.18 Å². The number of rotatable bonds is 4. The van der Waals surface area contributed by atoms with E-state index in [1.807, 2.05) is 5.32 Å². The largest absolute Gasteiger partial charge is 0.481 e. The number of hydrogen-bond donors (Lipinski definition) is 1. The van der Waals surface area contributed by atoms with Gasteiger partial charge in [-0.25, -0.2) is 4.98 Å². The van der Waals surface area contributed by atoms with Gasteiger partial charge in [0.25, 0.3) is 5.91 Å². The van der Waals surface area contributed by atoms with E-state index in [-0.39, 0.29) is 10.9 Å². The maximum atomic E-state index is 12.9. The van der Waals surface area contributed by atoms with Crippen LogP contribution in [0.1, 0.15) is 20.4 Å². The molecule has 0 bridgehead atoms. The van der Waals surface area contributed by atoms with Crippen LogP contribution in [-0.4, -0.2) is 27.9 Å². The number of nitrogens with zero attached hydrogens (tertiary/aromatic N) is 3. The molecule has 2 aromatic rings. The number of nitro groups is 1. The van der Waals surface area contributed by atoms with Crippen LogP contribution in [0.25, 0.3) is 0 Å². The van der Waals surface area contributed by atoms with Gasteiger partial charge < -0.3 is 4.74 Å². The zero-order chi connectivity index (χ0) is 18.1. The molecule has 0 aromatic carbocycles. The van der Waals surface area contributed by atoms with Crippen molar-refractivity contribution < 1.29 is 27.6 Å². The SMILES string of the molecule is COc1ccc([N+](=O)[O-])c(NC(=O)c2sc(C)nc2C(F)(F)F)n1. The van der Waals surface area contributed by atoms with E-state index in [1.54, 1.807) is 0 Å². The smallest absolute Gasteiger partial charge is 0.435 e. The maximum absolute atomic E-state index is 12.9. The van der Waals surface area contributed by atoms with Gasteiger partial charge >= 0.3 is 11.9 Å². The number of thiazole rings is 1. The summed E-state index contributed by atoms with van der Waals surface area (Å²) in [7, 11) is 1.24. The molecule has 12 heteroatoms. The molecule has 0 fully saturated rings. The van der Waals surface area contributed by atoms with E-state index in [2.05, 4.69) is 9.97 Å². The highest BCUT2D eigenvalue weighted by atomic mass is 32.1. The predicted octanol–water partition coefficient (Wildman–Crippen LogP) is 3.03. The number of methoxy groups -OCH3 is 1. The summed E-state index contributed by atoms with van der Waals surface area (Å²) < 4.78 is 43.5. The quantitative estimate of drug-likeness (QED) is 0.662. The Morgan fingerprint density at radius 3 is 2.58 bits per heavy atom. The number of aromatic nitrogens is 2. The van der Waals surface area contributed by atoms with Gasteiger partial charge in [0.05, 0.1) is 17.0 Å². The Hall–Kier alpha value is -2.76. The topological polar surface area (TPSA) is 107 Å². The Balaban J connectivity index is 2.42. The van der Waals surface area contributed by atoms with Crippen molar-refractivity contribution in [2.24, 2.45) is 0 Å². The first-order chi connectivity index (χ1) is 11.1. The second-order valence-electron chi connectivity index (χ2n) is 4.34. The van der Waals surface area contributed by atoms with Crippen LogP contribution in [0.15, 0.2) is 12.1 Å². The average molecular weight is 362 g/mol. The first kappa shape index (κ1) is 17.6. The molecule has 0 aliphatic rings. The molecule has 2 rings (SSSR count). The van der Waals surface area contributed by atoms with Gasteiger partial charge in [-0.15, -0.1) is 11.3 Å². The minimum absolute atomic E-state index is 0.0283. The van der Waals surface area contributed by atoms with Crippen LogP contribution in [0.5, 0.6) is 5.88 Å². The molecule has 0 saturated carbocycles. The number of nitrogens with one attached hydrogen (secondary N) is 1. The molecule has 0 spiro atoms. The molecule has 2 aromatic heterocycles. The van der Waals surface area contributed by atoms with Crippen molar-refractivity contribution in [2.75, 3.05) is 12.4 Å². The fraction of sp³-hybridized carbons (Fsp3) is 0.250. The summed E-state index contributed by atoms with van der Waals surface area (Å²) in [5.41, 5.74) is -1.94. The monoisotopic (exact) mass is 362 g/mol. The lowest BCUT2D eigenvalue weighted by Crippen LogP contribution is -2.18. The fourth-order valence-electron chi connectivity index (χ4n) is 1.72. The summed E-state index contributed by atoms with van der Waals surface area (Å²) in [4.78, 5) is 28.5. The molecule has 24 heavy (non-hydrogen) atoms. The van der Waals surface area contributed by atoms with Crippen molar-refractivity contribution in [2.45, 2.75) is 13.1 Å². The van der Waals surface area contributed by atoms with Gasteiger partial charge in [-0.3, -0.25) is 20.2 Å². The summed E-state index contributed by atoms with van der Waals surface area (Å²) in [6.07, 6.45) is -4.83.